The van der Waals surface area contributed by atoms with Gasteiger partial charge in [0.2, 0.25) is 5.91 Å². The molecule has 0 spiro atoms. The van der Waals surface area contributed by atoms with Crippen molar-refractivity contribution in [2.24, 2.45) is 0 Å². The van der Waals surface area contributed by atoms with E-state index in [4.69, 9.17) is 11.6 Å². The van der Waals surface area contributed by atoms with Crippen LogP contribution >= 0.6 is 11.6 Å². The van der Waals surface area contributed by atoms with E-state index in [1.165, 1.54) is 27.9 Å². The number of benzene rings is 1. The largest absolute Gasteiger partial charge is 0.335 e. The third-order valence-electron chi connectivity index (χ3n) is 4.43. The Kier molecular flexibility index (Phi) is 4.11. The van der Waals surface area contributed by atoms with Crippen LogP contribution < -0.4 is 0 Å². The summed E-state index contributed by atoms with van der Waals surface area (Å²) in [5.41, 5.74) is 1.08. The van der Waals surface area contributed by atoms with Gasteiger partial charge >= 0.3 is 0 Å². The number of pyridine rings is 1. The lowest BCUT2D eigenvalue weighted by Crippen LogP contribution is -2.52. The van der Waals surface area contributed by atoms with Gasteiger partial charge in [-0.05, 0) is 12.1 Å². The number of fused-ring (bicyclic) bond motifs is 1. The summed E-state index contributed by atoms with van der Waals surface area (Å²) in [4.78, 5) is 17.6. The van der Waals surface area contributed by atoms with Gasteiger partial charge in [-0.25, -0.2) is 13.2 Å². The van der Waals surface area contributed by atoms with Crippen molar-refractivity contribution < 1.29 is 18.0 Å². The maximum absolute atomic E-state index is 14.3. The smallest absolute Gasteiger partial charge is 0.242 e. The maximum Gasteiger partial charge on any atom is 0.242 e. The van der Waals surface area contributed by atoms with Gasteiger partial charge in [0, 0.05) is 23.5 Å². The van der Waals surface area contributed by atoms with Gasteiger partial charge in [-0.2, -0.15) is 0 Å². The average Bonchev–Trinajstić information content (AvgIpc) is 2.89. The summed E-state index contributed by atoms with van der Waals surface area (Å²) in [6.07, 6.45) is 1.52. The number of carbonyl (C=O) groups excluding carboxylic acids is 1. The lowest BCUT2D eigenvalue weighted by molar-refractivity contribution is -0.138. The van der Waals surface area contributed by atoms with Crippen molar-refractivity contribution in [1.82, 2.24) is 14.5 Å². The van der Waals surface area contributed by atoms with Crippen LogP contribution in [0.3, 0.4) is 0 Å². The zero-order valence-corrected chi connectivity index (χ0v) is 14.2. The van der Waals surface area contributed by atoms with Crippen LogP contribution in [0.1, 0.15) is 0 Å². The predicted octanol–water partition coefficient (Wildman–Crippen LogP) is 3.82. The van der Waals surface area contributed by atoms with E-state index in [0.717, 1.165) is 0 Å². The van der Waals surface area contributed by atoms with Crippen molar-refractivity contribution in [2.45, 2.75) is 12.7 Å². The van der Waals surface area contributed by atoms with Crippen molar-refractivity contribution in [3.8, 4) is 11.1 Å². The predicted molar refractivity (Wildman–Crippen MR) is 91.6 cm³/mol. The van der Waals surface area contributed by atoms with Crippen LogP contribution in [0.4, 0.5) is 13.2 Å². The molecule has 1 fully saturated rings. The molecule has 134 valence electrons. The zero-order valence-electron chi connectivity index (χ0n) is 13.4. The van der Waals surface area contributed by atoms with Crippen molar-refractivity contribution in [3.05, 3.63) is 53.3 Å². The number of carbonyl (C=O) groups is 1. The number of hydrogen-bond acceptors (Lipinski definition) is 2. The second-order valence-corrected chi connectivity index (χ2v) is 6.60. The minimum atomic E-state index is -1.00. The van der Waals surface area contributed by atoms with Crippen molar-refractivity contribution in [2.75, 3.05) is 13.1 Å². The van der Waals surface area contributed by atoms with Gasteiger partial charge in [-0.1, -0.05) is 23.7 Å². The molecule has 8 heteroatoms. The molecule has 3 heterocycles. The second-order valence-electron chi connectivity index (χ2n) is 6.19. The molecule has 0 atom stereocenters. The summed E-state index contributed by atoms with van der Waals surface area (Å²) in [6.45, 7) is -0.0359. The Bertz CT molecular complexity index is 1010. The Balaban J connectivity index is 1.73. The highest BCUT2D eigenvalue weighted by atomic mass is 35.5. The maximum atomic E-state index is 14.3. The van der Waals surface area contributed by atoms with Crippen molar-refractivity contribution in [1.29, 1.82) is 0 Å². The number of alkyl halides is 1. The molecule has 2 aromatic heterocycles. The zero-order chi connectivity index (χ0) is 18.4. The van der Waals surface area contributed by atoms with Crippen LogP contribution in [0.2, 0.25) is 5.02 Å². The van der Waals surface area contributed by atoms with Gasteiger partial charge < -0.3 is 9.47 Å². The molecule has 0 saturated carbocycles. The molecule has 0 bridgehead atoms. The van der Waals surface area contributed by atoms with Crippen LogP contribution in [0.5, 0.6) is 0 Å². The van der Waals surface area contributed by atoms with E-state index in [9.17, 15) is 18.0 Å². The summed E-state index contributed by atoms with van der Waals surface area (Å²) < 4.78 is 42.7. The lowest BCUT2D eigenvalue weighted by atomic mass is 10.1. The first-order chi connectivity index (χ1) is 12.4. The van der Waals surface area contributed by atoms with E-state index in [1.807, 2.05) is 0 Å². The van der Waals surface area contributed by atoms with E-state index in [0.29, 0.717) is 11.1 Å². The molecule has 1 amide bonds. The topological polar surface area (TPSA) is 38.1 Å². The molecular formula is C18H13ClF3N3O. The second kappa shape index (κ2) is 6.32. The molecule has 0 aliphatic carbocycles. The first-order valence-electron chi connectivity index (χ1n) is 7.94. The summed E-state index contributed by atoms with van der Waals surface area (Å²) in [6, 6.07) is 6.13. The lowest BCUT2D eigenvalue weighted by Gasteiger charge is -2.34. The molecule has 4 nitrogen and oxygen atoms in total. The van der Waals surface area contributed by atoms with Gasteiger partial charge in [0.15, 0.2) is 5.82 Å². The number of halogens is 4. The molecule has 4 rings (SSSR count). The molecule has 1 aliphatic heterocycles. The van der Waals surface area contributed by atoms with Crippen molar-refractivity contribution >= 4 is 28.5 Å². The highest BCUT2D eigenvalue weighted by Gasteiger charge is 2.30. The molecule has 1 aliphatic rings. The Hall–Kier alpha value is -2.54. The fraction of sp³-hybridized carbons (Fsp3) is 0.222. The molecule has 3 aromatic rings. The molecule has 0 radical (unpaired) electrons. The van der Waals surface area contributed by atoms with E-state index in [-0.39, 0.29) is 41.6 Å². The molecule has 0 N–H and O–H groups in total. The molecule has 1 saturated heterocycles. The summed E-state index contributed by atoms with van der Waals surface area (Å²) in [7, 11) is 0. The summed E-state index contributed by atoms with van der Waals surface area (Å²) in [5, 5.41) is -0.0297. The van der Waals surface area contributed by atoms with Crippen LogP contribution in [0.25, 0.3) is 22.2 Å². The third kappa shape index (κ3) is 2.82. The van der Waals surface area contributed by atoms with Crippen LogP contribution in [0.15, 0.2) is 36.7 Å². The molecule has 26 heavy (non-hydrogen) atoms. The minimum Gasteiger partial charge on any atom is -0.335 e. The molecule has 1 aromatic carbocycles. The Labute approximate surface area is 151 Å². The van der Waals surface area contributed by atoms with Gasteiger partial charge in [0.25, 0.3) is 0 Å². The number of aromatic nitrogens is 2. The van der Waals surface area contributed by atoms with Crippen LogP contribution in [-0.2, 0) is 11.3 Å². The van der Waals surface area contributed by atoms with E-state index >= 15 is 0 Å². The number of amides is 1. The SMILES string of the molecule is O=C(Cn1cc(F)c2ncc(-c3cccc(Cl)c3F)cc21)N1CC(F)C1. The van der Waals surface area contributed by atoms with E-state index in [1.54, 1.807) is 18.2 Å². The first-order valence-corrected chi connectivity index (χ1v) is 8.32. The average molecular weight is 380 g/mol. The number of hydrogen-bond donors (Lipinski definition) is 0. The van der Waals surface area contributed by atoms with Crippen molar-refractivity contribution in [3.63, 3.8) is 0 Å². The Morgan fingerprint density at radius 1 is 1.31 bits per heavy atom. The quantitative estimate of drug-likeness (QED) is 0.694. The van der Waals surface area contributed by atoms with Gasteiger partial charge in [0.1, 0.15) is 24.1 Å². The molecule has 0 unspecified atom stereocenters. The fourth-order valence-corrected chi connectivity index (χ4v) is 3.18. The number of likely N-dealkylation sites (tertiary alicyclic amines) is 1. The molecular weight excluding hydrogens is 367 g/mol. The first kappa shape index (κ1) is 16.9. The minimum absolute atomic E-state index is 0.0297. The summed E-state index contributed by atoms with van der Waals surface area (Å²) >= 11 is 5.81. The summed E-state index contributed by atoms with van der Waals surface area (Å²) in [5.74, 6) is -1.49. The van der Waals surface area contributed by atoms with Gasteiger partial charge in [-0.15, -0.1) is 0 Å². The number of rotatable bonds is 3. The fourth-order valence-electron chi connectivity index (χ4n) is 3.00. The normalized spacial score (nSPS) is 14.7. The van der Waals surface area contributed by atoms with E-state index < -0.39 is 17.8 Å². The monoisotopic (exact) mass is 379 g/mol. The third-order valence-corrected chi connectivity index (χ3v) is 4.72. The van der Waals surface area contributed by atoms with Crippen LogP contribution in [0, 0.1) is 11.6 Å². The highest BCUT2D eigenvalue weighted by molar-refractivity contribution is 6.31. The number of nitrogens with zero attached hydrogens (tertiary/aromatic N) is 3. The van der Waals surface area contributed by atoms with Crippen LogP contribution in [-0.4, -0.2) is 39.6 Å². The van der Waals surface area contributed by atoms with Gasteiger partial charge in [-0.3, -0.25) is 9.78 Å². The Morgan fingerprint density at radius 2 is 2.08 bits per heavy atom. The van der Waals surface area contributed by atoms with E-state index in [2.05, 4.69) is 4.98 Å². The Morgan fingerprint density at radius 3 is 2.81 bits per heavy atom. The van der Waals surface area contributed by atoms with Gasteiger partial charge in [0.05, 0.1) is 23.6 Å². The standard InChI is InChI=1S/C18H13ClF3N3O/c19-13-3-1-2-12(17(13)22)10-4-15-18(23-5-10)14(21)8-24(15)9-16(26)25-6-11(20)7-25/h1-5,8,11H,6-7,9H2. The highest BCUT2D eigenvalue weighted by Crippen LogP contribution is 2.30.